The summed E-state index contributed by atoms with van der Waals surface area (Å²) in [5.74, 6) is -0.158. The van der Waals surface area contributed by atoms with Crippen LogP contribution in [0, 0.1) is 0 Å². The third-order valence-corrected chi connectivity index (χ3v) is 3.94. The predicted octanol–water partition coefficient (Wildman–Crippen LogP) is 3.52. The summed E-state index contributed by atoms with van der Waals surface area (Å²) < 4.78 is 10.8. The zero-order valence-electron chi connectivity index (χ0n) is 14.3. The maximum Gasteiger partial charge on any atom is 0.305 e. The van der Waals surface area contributed by atoms with Crippen LogP contribution in [0.3, 0.4) is 0 Å². The van der Waals surface area contributed by atoms with E-state index in [-0.39, 0.29) is 24.7 Å². The van der Waals surface area contributed by atoms with Crippen molar-refractivity contribution in [3.63, 3.8) is 0 Å². The molecule has 27 heavy (non-hydrogen) atoms. The first kappa shape index (κ1) is 18.5. The van der Waals surface area contributed by atoms with Crippen molar-refractivity contribution >= 4 is 23.4 Å². The summed E-state index contributed by atoms with van der Waals surface area (Å²) in [6.07, 6.45) is 1.51. The minimum Gasteiger partial charge on any atom is -0.489 e. The summed E-state index contributed by atoms with van der Waals surface area (Å²) >= 11 is 5.81. The van der Waals surface area contributed by atoms with Crippen molar-refractivity contribution in [2.75, 3.05) is 0 Å². The molecule has 0 aliphatic carbocycles. The zero-order valence-corrected chi connectivity index (χ0v) is 15.0. The fourth-order valence-corrected chi connectivity index (χ4v) is 2.47. The molecule has 0 bridgehead atoms. The number of benzene rings is 2. The molecule has 0 unspecified atom stereocenters. The van der Waals surface area contributed by atoms with Crippen molar-refractivity contribution < 1.29 is 18.7 Å². The molecular formula is C20H17ClN2O4. The number of para-hydroxylation sites is 1. The minimum absolute atomic E-state index is 0.0812. The Kier molecular flexibility index (Phi) is 6.12. The van der Waals surface area contributed by atoms with E-state index in [1.165, 1.54) is 6.26 Å². The monoisotopic (exact) mass is 384 g/mol. The molecule has 0 saturated heterocycles. The van der Waals surface area contributed by atoms with Crippen LogP contribution in [0.15, 0.2) is 71.3 Å². The van der Waals surface area contributed by atoms with Crippen molar-refractivity contribution in [3.8, 4) is 5.75 Å². The summed E-state index contributed by atoms with van der Waals surface area (Å²) in [4.78, 5) is 24.2. The van der Waals surface area contributed by atoms with Crippen LogP contribution < -0.4 is 15.6 Å². The van der Waals surface area contributed by atoms with Crippen molar-refractivity contribution in [2.24, 2.45) is 0 Å². The first-order chi connectivity index (χ1) is 13.1. The Morgan fingerprint density at radius 2 is 1.70 bits per heavy atom. The van der Waals surface area contributed by atoms with Gasteiger partial charge in [-0.15, -0.1) is 0 Å². The second kappa shape index (κ2) is 8.91. The number of amides is 2. The normalized spacial score (nSPS) is 10.3. The summed E-state index contributed by atoms with van der Waals surface area (Å²) in [6.45, 7) is 0.169. The van der Waals surface area contributed by atoms with Gasteiger partial charge < -0.3 is 9.15 Å². The highest BCUT2D eigenvalue weighted by Crippen LogP contribution is 2.15. The van der Waals surface area contributed by atoms with Crippen LogP contribution in [0.25, 0.3) is 0 Å². The molecule has 0 spiro atoms. The summed E-state index contributed by atoms with van der Waals surface area (Å²) in [7, 11) is 0. The van der Waals surface area contributed by atoms with Gasteiger partial charge in [0, 0.05) is 10.6 Å². The fourth-order valence-electron chi connectivity index (χ4n) is 2.34. The van der Waals surface area contributed by atoms with E-state index >= 15 is 0 Å². The quantitative estimate of drug-likeness (QED) is 0.637. The second-order valence-electron chi connectivity index (χ2n) is 5.68. The average molecular weight is 385 g/mol. The van der Waals surface area contributed by atoms with E-state index in [9.17, 15) is 9.59 Å². The molecule has 0 atom stereocenters. The molecule has 3 aromatic rings. The second-order valence-corrected chi connectivity index (χ2v) is 6.12. The largest absolute Gasteiger partial charge is 0.489 e. The molecule has 0 aliphatic heterocycles. The van der Waals surface area contributed by atoms with Crippen molar-refractivity contribution in [3.05, 3.63) is 88.8 Å². The Morgan fingerprint density at radius 1 is 0.963 bits per heavy atom. The molecule has 0 saturated carbocycles. The van der Waals surface area contributed by atoms with Crippen LogP contribution >= 0.6 is 11.6 Å². The standard InChI is InChI=1S/C20H17ClN2O4/c21-16-8-6-14(7-9-16)12-18(24)22-23-20(25)19-15(10-11-26-19)13-27-17-4-2-1-3-5-17/h1-11H,12-13H2,(H,22,24)(H,23,25). The summed E-state index contributed by atoms with van der Waals surface area (Å²) in [6, 6.07) is 17.8. The number of hydrazine groups is 1. The molecule has 1 heterocycles. The van der Waals surface area contributed by atoms with Gasteiger partial charge in [-0.05, 0) is 35.9 Å². The molecule has 0 aliphatic rings. The Balaban J connectivity index is 1.51. The maximum absolute atomic E-state index is 12.2. The number of rotatable bonds is 6. The molecule has 0 fully saturated rings. The summed E-state index contributed by atoms with van der Waals surface area (Å²) in [5.41, 5.74) is 6.06. The lowest BCUT2D eigenvalue weighted by Crippen LogP contribution is -2.42. The Morgan fingerprint density at radius 3 is 2.44 bits per heavy atom. The zero-order chi connectivity index (χ0) is 19.1. The SMILES string of the molecule is O=C(Cc1ccc(Cl)cc1)NNC(=O)c1occc1COc1ccccc1. The van der Waals surface area contributed by atoms with Gasteiger partial charge in [0.25, 0.3) is 0 Å². The lowest BCUT2D eigenvalue weighted by atomic mass is 10.1. The van der Waals surface area contributed by atoms with Gasteiger partial charge in [-0.2, -0.15) is 0 Å². The molecule has 0 radical (unpaired) electrons. The number of carbonyl (C=O) groups excluding carboxylic acids is 2. The molecule has 3 rings (SSSR count). The van der Waals surface area contributed by atoms with E-state index in [4.69, 9.17) is 20.8 Å². The van der Waals surface area contributed by atoms with Crippen LogP contribution in [-0.2, 0) is 17.8 Å². The number of hydrogen-bond donors (Lipinski definition) is 2. The predicted molar refractivity (Wildman–Crippen MR) is 100 cm³/mol. The lowest BCUT2D eigenvalue weighted by Gasteiger charge is -2.08. The highest BCUT2D eigenvalue weighted by molar-refractivity contribution is 6.30. The number of halogens is 1. The van der Waals surface area contributed by atoms with E-state index in [1.807, 2.05) is 30.3 Å². The van der Waals surface area contributed by atoms with E-state index < -0.39 is 5.91 Å². The lowest BCUT2D eigenvalue weighted by molar-refractivity contribution is -0.121. The molecule has 1 aromatic heterocycles. The Bertz CT molecular complexity index is 907. The van der Waals surface area contributed by atoms with Gasteiger partial charge in [-0.25, -0.2) is 0 Å². The van der Waals surface area contributed by atoms with E-state index in [1.54, 1.807) is 30.3 Å². The molecule has 6 nitrogen and oxygen atoms in total. The van der Waals surface area contributed by atoms with E-state index in [0.29, 0.717) is 16.3 Å². The Labute approximate surface area is 161 Å². The highest BCUT2D eigenvalue weighted by Gasteiger charge is 2.16. The number of hydrogen-bond acceptors (Lipinski definition) is 4. The summed E-state index contributed by atoms with van der Waals surface area (Å²) in [5, 5.41) is 0.593. The smallest absolute Gasteiger partial charge is 0.305 e. The van der Waals surface area contributed by atoms with Crippen LogP contribution in [0.2, 0.25) is 5.02 Å². The number of carbonyl (C=O) groups is 2. The molecule has 138 valence electrons. The first-order valence-electron chi connectivity index (χ1n) is 8.19. The third-order valence-electron chi connectivity index (χ3n) is 3.68. The van der Waals surface area contributed by atoms with Gasteiger partial charge >= 0.3 is 5.91 Å². The van der Waals surface area contributed by atoms with E-state index in [2.05, 4.69) is 10.9 Å². The first-order valence-corrected chi connectivity index (χ1v) is 8.57. The Hall–Kier alpha value is -3.25. The molecule has 2 N–H and O–H groups in total. The molecular weight excluding hydrogens is 368 g/mol. The number of nitrogens with one attached hydrogen (secondary N) is 2. The van der Waals surface area contributed by atoms with Crippen molar-refractivity contribution in [1.82, 2.24) is 10.9 Å². The van der Waals surface area contributed by atoms with Gasteiger partial charge in [-0.3, -0.25) is 20.4 Å². The van der Waals surface area contributed by atoms with Gasteiger partial charge in [0.1, 0.15) is 12.4 Å². The fraction of sp³-hybridized carbons (Fsp3) is 0.100. The van der Waals surface area contributed by atoms with Gasteiger partial charge in [0.2, 0.25) is 5.91 Å². The maximum atomic E-state index is 12.2. The van der Waals surface area contributed by atoms with Crippen molar-refractivity contribution in [1.29, 1.82) is 0 Å². The van der Waals surface area contributed by atoms with Crippen LogP contribution in [0.1, 0.15) is 21.7 Å². The minimum atomic E-state index is -0.559. The van der Waals surface area contributed by atoms with Gasteiger partial charge in [-0.1, -0.05) is 41.9 Å². The molecule has 7 heteroatoms. The van der Waals surface area contributed by atoms with Crippen LogP contribution in [-0.4, -0.2) is 11.8 Å². The topological polar surface area (TPSA) is 80.6 Å². The highest BCUT2D eigenvalue weighted by atomic mass is 35.5. The van der Waals surface area contributed by atoms with Crippen molar-refractivity contribution in [2.45, 2.75) is 13.0 Å². The average Bonchev–Trinajstić information content (AvgIpc) is 3.16. The van der Waals surface area contributed by atoms with Crippen LogP contribution in [0.5, 0.6) is 5.75 Å². The molecule has 2 amide bonds. The van der Waals surface area contributed by atoms with E-state index in [0.717, 1.165) is 5.56 Å². The number of furan rings is 1. The van der Waals surface area contributed by atoms with Gasteiger partial charge in [0.15, 0.2) is 5.76 Å². The van der Waals surface area contributed by atoms with Crippen LogP contribution in [0.4, 0.5) is 0 Å². The number of ether oxygens (including phenoxy) is 1. The molecule has 2 aromatic carbocycles. The third kappa shape index (κ3) is 5.36. The van der Waals surface area contributed by atoms with Gasteiger partial charge in [0.05, 0.1) is 12.7 Å².